The van der Waals surface area contributed by atoms with E-state index in [4.69, 9.17) is 11.6 Å². The van der Waals surface area contributed by atoms with Crippen LogP contribution in [-0.2, 0) is 27.8 Å². The predicted molar refractivity (Wildman–Crippen MR) is 113 cm³/mol. The molecule has 1 saturated heterocycles. The highest BCUT2D eigenvalue weighted by Gasteiger charge is 2.30. The van der Waals surface area contributed by atoms with E-state index in [1.54, 1.807) is 18.2 Å². The summed E-state index contributed by atoms with van der Waals surface area (Å²) >= 11 is 6.27. The molecule has 0 radical (unpaired) electrons. The van der Waals surface area contributed by atoms with Gasteiger partial charge in [-0.2, -0.15) is 4.31 Å². The first-order chi connectivity index (χ1) is 13.9. The van der Waals surface area contributed by atoms with Crippen molar-refractivity contribution < 1.29 is 13.2 Å². The molecule has 6 nitrogen and oxygen atoms in total. The zero-order chi connectivity index (χ0) is 20.4. The van der Waals surface area contributed by atoms with E-state index in [0.717, 1.165) is 30.5 Å². The third kappa shape index (κ3) is 4.48. The number of amides is 1. The first-order valence-electron chi connectivity index (χ1n) is 9.82. The molecule has 0 saturated carbocycles. The largest absolute Gasteiger partial charge is 0.326 e. The molecule has 2 heterocycles. The van der Waals surface area contributed by atoms with Crippen molar-refractivity contribution in [3.05, 3.63) is 58.6 Å². The number of carbonyl (C=O) groups is 1. The number of sulfonamides is 1. The van der Waals surface area contributed by atoms with Crippen molar-refractivity contribution in [3.63, 3.8) is 0 Å². The van der Waals surface area contributed by atoms with Gasteiger partial charge in [0.2, 0.25) is 15.9 Å². The normalized spacial score (nSPS) is 18.7. The summed E-state index contributed by atoms with van der Waals surface area (Å²) in [6, 6.07) is 12.7. The van der Waals surface area contributed by atoms with Crippen LogP contribution in [0, 0.1) is 0 Å². The number of benzene rings is 2. The molecule has 1 amide bonds. The summed E-state index contributed by atoms with van der Waals surface area (Å²) in [6.45, 7) is 2.27. The van der Waals surface area contributed by atoms with Crippen molar-refractivity contribution in [3.8, 4) is 0 Å². The van der Waals surface area contributed by atoms with Crippen LogP contribution in [0.1, 0.15) is 30.4 Å². The Labute approximate surface area is 176 Å². The first-order valence-corrected chi connectivity index (χ1v) is 11.6. The molecule has 0 aliphatic carbocycles. The minimum atomic E-state index is -3.61. The fourth-order valence-corrected chi connectivity index (χ4v) is 5.60. The van der Waals surface area contributed by atoms with Crippen molar-refractivity contribution in [2.75, 3.05) is 25.1 Å². The molecule has 2 aromatic carbocycles. The first kappa shape index (κ1) is 20.3. The monoisotopic (exact) mass is 433 g/mol. The highest BCUT2D eigenvalue weighted by Crippen LogP contribution is 2.28. The second-order valence-corrected chi connectivity index (χ2v) is 9.89. The predicted octanol–water partition coefficient (Wildman–Crippen LogP) is 3.47. The summed E-state index contributed by atoms with van der Waals surface area (Å²) in [7, 11) is -3.61. The van der Waals surface area contributed by atoms with Crippen LogP contribution in [0.3, 0.4) is 0 Å². The number of aryl methyl sites for hydroxylation is 1. The average molecular weight is 434 g/mol. The van der Waals surface area contributed by atoms with Gasteiger partial charge in [-0.1, -0.05) is 29.8 Å². The van der Waals surface area contributed by atoms with Gasteiger partial charge >= 0.3 is 0 Å². The summed E-state index contributed by atoms with van der Waals surface area (Å²) in [5.74, 6) is -0.0226. The molecule has 1 fully saturated rings. The Morgan fingerprint density at radius 1 is 1.03 bits per heavy atom. The summed E-state index contributed by atoms with van der Waals surface area (Å²) < 4.78 is 28.1. The molecule has 154 valence electrons. The topological polar surface area (TPSA) is 69.7 Å². The molecule has 0 aromatic heterocycles. The van der Waals surface area contributed by atoms with Gasteiger partial charge in [0.1, 0.15) is 0 Å². The van der Waals surface area contributed by atoms with Crippen molar-refractivity contribution in [1.29, 1.82) is 0 Å². The maximum atomic E-state index is 13.3. The number of nitrogens with one attached hydrogen (secondary N) is 1. The Morgan fingerprint density at radius 2 is 1.86 bits per heavy atom. The fourth-order valence-electron chi connectivity index (χ4n) is 3.89. The van der Waals surface area contributed by atoms with E-state index in [9.17, 15) is 13.2 Å². The molecule has 0 spiro atoms. The summed E-state index contributed by atoms with van der Waals surface area (Å²) in [5, 5.41) is 3.55. The van der Waals surface area contributed by atoms with Crippen molar-refractivity contribution in [1.82, 2.24) is 9.21 Å². The van der Waals surface area contributed by atoms with Crippen LogP contribution in [0.4, 0.5) is 5.69 Å². The molecule has 4 rings (SSSR count). The van der Waals surface area contributed by atoms with E-state index in [1.165, 1.54) is 4.31 Å². The molecular formula is C21H24ClN3O3S. The van der Waals surface area contributed by atoms with E-state index >= 15 is 0 Å². The third-order valence-electron chi connectivity index (χ3n) is 5.43. The van der Waals surface area contributed by atoms with Crippen LogP contribution in [0.2, 0.25) is 5.02 Å². The number of hydrogen-bond acceptors (Lipinski definition) is 4. The van der Waals surface area contributed by atoms with Gasteiger partial charge in [-0.25, -0.2) is 8.42 Å². The number of anilines is 1. The van der Waals surface area contributed by atoms with Gasteiger partial charge in [0.25, 0.3) is 0 Å². The van der Waals surface area contributed by atoms with Gasteiger partial charge in [0, 0.05) is 36.8 Å². The lowest BCUT2D eigenvalue weighted by molar-refractivity contribution is -0.116. The maximum Gasteiger partial charge on any atom is 0.244 e. The quantitative estimate of drug-likeness (QED) is 0.801. The number of carbonyl (C=O) groups excluding carboxylic acids is 1. The van der Waals surface area contributed by atoms with Crippen molar-refractivity contribution >= 4 is 33.2 Å². The number of hydrogen-bond donors (Lipinski definition) is 1. The summed E-state index contributed by atoms with van der Waals surface area (Å²) in [6.07, 6.45) is 2.64. The van der Waals surface area contributed by atoms with Crippen LogP contribution in [0.15, 0.2) is 47.4 Å². The minimum Gasteiger partial charge on any atom is -0.326 e. The second-order valence-electron chi connectivity index (χ2n) is 7.54. The molecule has 2 aromatic rings. The summed E-state index contributed by atoms with van der Waals surface area (Å²) in [5.41, 5.74) is 2.58. The van der Waals surface area contributed by atoms with Crippen LogP contribution in [0.25, 0.3) is 0 Å². The van der Waals surface area contributed by atoms with E-state index in [0.29, 0.717) is 43.3 Å². The highest BCUT2D eigenvalue weighted by atomic mass is 35.5. The standard InChI is InChI=1S/C21H24ClN3O3S/c22-19-7-2-1-5-17(19)14-24-11-4-12-25(15-24)29(27,28)18-9-10-20-16(13-18)6-3-8-21(26)23-20/h1-2,5,7,9-10,13H,3-4,6,8,11-12,14-15H2,(H,23,26). The number of nitrogens with zero attached hydrogens (tertiary/aromatic N) is 2. The Hall–Kier alpha value is -1.93. The molecule has 29 heavy (non-hydrogen) atoms. The van der Waals surface area contributed by atoms with Crippen molar-refractivity contribution in [2.45, 2.75) is 37.1 Å². The van der Waals surface area contributed by atoms with E-state index < -0.39 is 10.0 Å². The molecular weight excluding hydrogens is 410 g/mol. The Kier molecular flexibility index (Phi) is 5.92. The van der Waals surface area contributed by atoms with E-state index in [-0.39, 0.29) is 10.8 Å². The number of halogens is 1. The zero-order valence-corrected chi connectivity index (χ0v) is 17.7. The lowest BCUT2D eigenvalue weighted by Gasteiger charge is -2.35. The minimum absolute atomic E-state index is 0.0226. The van der Waals surface area contributed by atoms with E-state index in [1.807, 2.05) is 24.3 Å². The number of rotatable bonds is 4. The lowest BCUT2D eigenvalue weighted by atomic mass is 10.1. The Balaban J connectivity index is 1.53. The van der Waals surface area contributed by atoms with Gasteiger partial charge in [0.05, 0.1) is 11.6 Å². The van der Waals surface area contributed by atoms with E-state index in [2.05, 4.69) is 10.2 Å². The van der Waals surface area contributed by atoms with Gasteiger partial charge in [-0.05, 0) is 54.7 Å². The van der Waals surface area contributed by atoms with Gasteiger partial charge < -0.3 is 5.32 Å². The molecule has 2 aliphatic heterocycles. The smallest absolute Gasteiger partial charge is 0.244 e. The lowest BCUT2D eigenvalue weighted by Crippen LogP contribution is -2.47. The maximum absolute atomic E-state index is 13.3. The Morgan fingerprint density at radius 3 is 2.69 bits per heavy atom. The molecule has 8 heteroatoms. The van der Waals surface area contributed by atoms with Gasteiger partial charge in [0.15, 0.2) is 0 Å². The highest BCUT2D eigenvalue weighted by molar-refractivity contribution is 7.89. The second kappa shape index (κ2) is 8.44. The molecule has 2 aliphatic rings. The van der Waals surface area contributed by atoms with Crippen LogP contribution < -0.4 is 5.32 Å². The Bertz CT molecular complexity index is 1030. The average Bonchev–Trinajstić information content (AvgIpc) is 2.90. The summed E-state index contributed by atoms with van der Waals surface area (Å²) in [4.78, 5) is 14.1. The van der Waals surface area contributed by atoms with Gasteiger partial charge in [-0.3, -0.25) is 9.69 Å². The molecule has 0 atom stereocenters. The van der Waals surface area contributed by atoms with Crippen molar-refractivity contribution in [2.24, 2.45) is 0 Å². The van der Waals surface area contributed by atoms with Gasteiger partial charge in [-0.15, -0.1) is 0 Å². The molecule has 0 bridgehead atoms. The molecule has 1 N–H and O–H groups in total. The SMILES string of the molecule is O=C1CCCc2cc(S(=O)(=O)N3CCCN(Cc4ccccc4Cl)C3)ccc2N1. The number of fused-ring (bicyclic) bond motifs is 1. The van der Waals surface area contributed by atoms with Crippen LogP contribution in [0.5, 0.6) is 0 Å². The fraction of sp³-hybridized carbons (Fsp3) is 0.381. The van der Waals surface area contributed by atoms with Crippen LogP contribution >= 0.6 is 11.6 Å². The van der Waals surface area contributed by atoms with Crippen LogP contribution in [-0.4, -0.2) is 43.3 Å². The zero-order valence-electron chi connectivity index (χ0n) is 16.1. The molecule has 0 unspecified atom stereocenters. The third-order valence-corrected chi connectivity index (χ3v) is 7.63.